The average molecular weight is 2010 g/mol. The third-order valence-corrected chi connectivity index (χ3v) is 23.0. The first-order valence-electron chi connectivity index (χ1n) is 40.8. The summed E-state index contributed by atoms with van der Waals surface area (Å²) >= 11 is 0. The molecule has 53 heteroatoms. The number of rotatable bonds is 56. The fourth-order valence-electron chi connectivity index (χ4n) is 10.1. The minimum Gasteiger partial charge on any atom is -0.480 e. The minimum absolute atomic E-state index is 0.00334. The smallest absolute Gasteiger partial charge is 0.323 e. The second-order valence-electron chi connectivity index (χ2n) is 32.1. The number of aliphatic hydroxyl groups is 3. The molecule has 2 aromatic rings. The lowest BCUT2D eigenvalue weighted by Crippen LogP contribution is -2.47. The third-order valence-electron chi connectivity index (χ3n) is 16.6. The number of hydrogen-bond donors (Lipinski definition) is 22. The number of carboxylic acid groups (broad SMARTS) is 1. The number of nitrogens with one attached hydrogen (secondary N) is 8. The predicted molar refractivity (Wildman–Crippen MR) is 488 cm³/mol. The maximum atomic E-state index is 11.5. The Morgan fingerprint density at radius 3 is 0.852 bits per heavy atom. The number of aliphatic hydroxyl groups excluding tert-OH is 3. The summed E-state index contributed by atoms with van der Waals surface area (Å²) in [5, 5.41) is 58.7. The van der Waals surface area contributed by atoms with E-state index < -0.39 is 135 Å². The Balaban J connectivity index is -0.000000333. The maximum absolute atomic E-state index is 11.5. The molecular weight excluding hydrogens is 1860 g/mol. The number of ether oxygens (including phenoxy) is 2. The predicted octanol–water partition coefficient (Wildman–Crippen LogP) is 1.30. The Kier molecular flexibility index (Phi) is 73.3. The summed E-state index contributed by atoms with van der Waals surface area (Å²) in [5.41, 5.74) is 11.1. The number of carbonyl (C=O) groups excluding carboxylic acids is 4. The van der Waals surface area contributed by atoms with Gasteiger partial charge in [0.2, 0.25) is 11.8 Å². The molecule has 0 saturated heterocycles. The number of methoxy groups -OCH3 is 1. The minimum atomic E-state index is -3.96. The molecular formula is C75H150N10O35S8. The van der Waals surface area contributed by atoms with Gasteiger partial charge < -0.3 is 83.9 Å². The van der Waals surface area contributed by atoms with E-state index in [0.29, 0.717) is 69.7 Å². The van der Waals surface area contributed by atoms with Gasteiger partial charge in [0.05, 0.1) is 73.0 Å². The lowest BCUT2D eigenvalue weighted by molar-refractivity contribution is -0.157. The van der Waals surface area contributed by atoms with Crippen molar-refractivity contribution in [2.45, 2.75) is 221 Å². The number of amides is 2. The van der Waals surface area contributed by atoms with Crippen molar-refractivity contribution in [2.75, 3.05) is 125 Å². The van der Waals surface area contributed by atoms with E-state index in [-0.39, 0.29) is 153 Å². The Hall–Kier alpha value is -5.37. The van der Waals surface area contributed by atoms with Crippen LogP contribution in [0.4, 0.5) is 0 Å². The Morgan fingerprint density at radius 2 is 0.633 bits per heavy atom. The summed E-state index contributed by atoms with van der Waals surface area (Å²) in [6.07, 6.45) is 4.80. The number of aliphatic carboxylic acids is 1. The zero-order valence-corrected chi connectivity index (χ0v) is 82.5. The molecule has 128 heavy (non-hydrogen) atoms. The summed E-state index contributed by atoms with van der Waals surface area (Å²) in [6, 6.07) is 14.8. The van der Waals surface area contributed by atoms with Crippen LogP contribution in [-0.4, -0.2) is 321 Å². The van der Waals surface area contributed by atoms with Gasteiger partial charge in [-0.25, -0.2) is 0 Å². The molecule has 24 N–H and O–H groups in total. The highest BCUT2D eigenvalue weighted by atomic mass is 32.2. The van der Waals surface area contributed by atoms with Gasteiger partial charge in [-0.05, 0) is 185 Å². The number of benzene rings is 2. The van der Waals surface area contributed by atoms with E-state index >= 15 is 0 Å². The van der Waals surface area contributed by atoms with Crippen LogP contribution in [0.5, 0.6) is 0 Å². The third kappa shape index (κ3) is 93.8. The average Bonchev–Trinajstić information content (AvgIpc) is 0.860. The molecule has 0 saturated carbocycles. The summed E-state index contributed by atoms with van der Waals surface area (Å²) < 4.78 is 245. The first-order chi connectivity index (χ1) is 58.3. The highest BCUT2D eigenvalue weighted by Crippen LogP contribution is 2.21. The highest BCUT2D eigenvalue weighted by molar-refractivity contribution is 7.87. The molecule has 45 nitrogen and oxygen atoms in total. The Labute approximate surface area is 759 Å². The number of esters is 2. The van der Waals surface area contributed by atoms with Crippen LogP contribution >= 0.6 is 0 Å². The largest absolute Gasteiger partial charge is 0.480 e. The van der Waals surface area contributed by atoms with E-state index in [4.69, 9.17) is 73.1 Å². The topological polar surface area (TPSA) is 768 Å². The second-order valence-corrected chi connectivity index (χ2v) is 44.6. The van der Waals surface area contributed by atoms with Crippen molar-refractivity contribution in [3.05, 3.63) is 71.8 Å². The first-order valence-corrected chi connectivity index (χ1v) is 53.7. The number of carbonyl (C=O) groups is 5. The summed E-state index contributed by atoms with van der Waals surface area (Å²) in [6.45, 7) is 29.3. The molecule has 9 atom stereocenters. The molecule has 0 radical (unpaired) electrons. The van der Waals surface area contributed by atoms with Gasteiger partial charge in [0.25, 0.3) is 80.9 Å². The zero-order valence-electron chi connectivity index (χ0n) is 76.0. The van der Waals surface area contributed by atoms with Crippen molar-refractivity contribution in [3.63, 3.8) is 0 Å². The van der Waals surface area contributed by atoms with Crippen LogP contribution in [0.3, 0.4) is 0 Å². The standard InChI is InChI=1S/2C11H16N2O4S.2C10H21NO5S.3C9H21NO4S.C6H13NO5S/c2*12-11(14)10(9-5-2-1-3-6-9)13-7-4-8-18(15,16)17;1-10(2,3)8(9(12)16-4)11-6-5-7-17(13,14)15;1-8(9(12)16-10(2,3)4)11-6-5-7-17(13,14)15;2*1-8(2)6-9(7-11)10-4-3-5-15(12,13)14;1-3-8(2)9(7-11)10-5-4-6-15(12,13)14;1-5(6(8)9)7-3-2-4-13(10,11)12/h2*1-3,5-6,10,13H,4,7-8H2,(H2,12,14)(H,15,16,17);2*8,11H,5-7H2,1-4H3,(H,13,14,15);3*8-11H,3-7H2,1-2H3,(H,12,13,14);5,7H,2-4H2,1H3,(H,8,9)(H,10,11,12)/t2*10-;2*8-;2*9-;8?,9-;5-/m10101010/s1. The van der Waals surface area contributed by atoms with Gasteiger partial charge >= 0.3 is 17.9 Å². The fourth-order valence-corrected chi connectivity index (χ4v) is 14.2. The van der Waals surface area contributed by atoms with Crippen LogP contribution in [0.2, 0.25) is 0 Å². The van der Waals surface area contributed by atoms with Gasteiger partial charge in [-0.1, -0.05) is 129 Å². The number of hydrogen-bond acceptors (Lipinski definition) is 34. The van der Waals surface area contributed by atoms with Crippen molar-refractivity contribution in [1.82, 2.24) is 42.5 Å². The summed E-state index contributed by atoms with van der Waals surface area (Å²) in [5.74, 6) is -3.92. The molecule has 1 unspecified atom stereocenters. The van der Waals surface area contributed by atoms with E-state index in [9.17, 15) is 91.3 Å². The number of primary amides is 2. The molecule has 0 heterocycles. The van der Waals surface area contributed by atoms with Gasteiger partial charge in [-0.3, -0.25) is 60.4 Å². The Morgan fingerprint density at radius 1 is 0.375 bits per heavy atom. The SMILES string of the molecule is CC(C)C[C@@H](CO)NCCCS(=O)(=O)O.CC(C)C[C@H](CO)NCCCS(=O)(=O)O.CCC(C)[C@@H](CO)NCCCS(=O)(=O)O.COC(=O)[C@@H](NCCCS(=O)(=O)O)C(C)(C)C.C[C@H](NCCCS(=O)(=O)O)C(=O)O.C[C@H](NCCCS(=O)(=O)O)C(=O)OC(C)(C)C.NC(=O)[C@@H](NCCCS(=O)(=O)O)c1ccccc1.NC(=O)[C@H](NCCCS(=O)(=O)O)c1ccccc1. The lowest BCUT2D eigenvalue weighted by Gasteiger charge is -2.29. The molecule has 2 aromatic carbocycles. The molecule has 758 valence electrons. The van der Waals surface area contributed by atoms with E-state index in [1.54, 1.807) is 76.2 Å². The van der Waals surface area contributed by atoms with E-state index in [2.05, 4.69) is 75.0 Å². The van der Waals surface area contributed by atoms with E-state index in [1.807, 2.05) is 46.8 Å². The summed E-state index contributed by atoms with van der Waals surface area (Å²) in [7, 11) is -30.0. The van der Waals surface area contributed by atoms with Gasteiger partial charge in [0.15, 0.2) is 0 Å². The molecule has 0 aliphatic rings. The van der Waals surface area contributed by atoms with Crippen LogP contribution < -0.4 is 54.0 Å². The number of carboxylic acids is 1. The molecule has 2 rings (SSSR count). The van der Waals surface area contributed by atoms with Crippen LogP contribution in [-0.2, 0) is 114 Å². The molecule has 0 fully saturated rings. The zero-order chi connectivity index (χ0) is 101. The quantitative estimate of drug-likeness (QED) is 0.0252. The highest BCUT2D eigenvalue weighted by Gasteiger charge is 2.32. The van der Waals surface area contributed by atoms with Crippen LogP contribution in [0, 0.1) is 23.2 Å². The van der Waals surface area contributed by atoms with E-state index in [0.717, 1.165) is 30.4 Å². The summed E-state index contributed by atoms with van der Waals surface area (Å²) in [4.78, 5) is 55.8. The molecule has 0 bridgehead atoms. The van der Waals surface area contributed by atoms with E-state index in [1.165, 1.54) is 14.0 Å². The maximum Gasteiger partial charge on any atom is 0.323 e. The van der Waals surface area contributed by atoms with Crippen LogP contribution in [0.1, 0.15) is 191 Å². The van der Waals surface area contributed by atoms with Crippen molar-refractivity contribution in [2.24, 2.45) is 34.6 Å². The van der Waals surface area contributed by atoms with Crippen LogP contribution in [0.25, 0.3) is 0 Å². The molecule has 0 spiro atoms. The van der Waals surface area contributed by atoms with Gasteiger partial charge in [-0.2, -0.15) is 67.3 Å². The lowest BCUT2D eigenvalue weighted by atomic mass is 9.86. The van der Waals surface area contributed by atoms with Crippen molar-refractivity contribution < 1.29 is 158 Å². The second kappa shape index (κ2) is 70.3. The first kappa shape index (κ1) is 133. The molecule has 0 aliphatic carbocycles. The number of nitrogens with two attached hydrogens (primary N) is 2. The monoisotopic (exact) mass is 2010 g/mol. The van der Waals surface area contributed by atoms with Crippen molar-refractivity contribution in [3.8, 4) is 0 Å². The van der Waals surface area contributed by atoms with Crippen molar-refractivity contribution >= 4 is 111 Å². The van der Waals surface area contributed by atoms with Crippen molar-refractivity contribution in [1.29, 1.82) is 0 Å². The normalized spacial score (nSPS) is 14.2. The molecule has 0 aliphatic heterocycles. The van der Waals surface area contributed by atoms with Gasteiger partial charge in [0.1, 0.15) is 35.8 Å². The fraction of sp³-hybridized carbons (Fsp3) is 0.773. The van der Waals surface area contributed by atoms with Gasteiger partial charge in [-0.15, -0.1) is 0 Å². The van der Waals surface area contributed by atoms with Crippen LogP contribution in [0.15, 0.2) is 60.7 Å². The molecule has 0 aromatic heterocycles. The Bertz CT molecular complexity index is 4140. The van der Waals surface area contributed by atoms with Gasteiger partial charge in [0, 0.05) is 18.1 Å². The molecule has 2 amide bonds.